The molecule has 0 saturated carbocycles. The zero-order chi connectivity index (χ0) is 10.6. The molecule has 0 aromatic carbocycles. The van der Waals surface area contributed by atoms with E-state index in [1.165, 1.54) is 12.8 Å². The molecule has 3 heteroatoms. The van der Waals surface area contributed by atoms with Gasteiger partial charge in [-0.3, -0.25) is 0 Å². The Morgan fingerprint density at radius 3 is 2.07 bits per heavy atom. The Hall–Kier alpha value is -0.120. The van der Waals surface area contributed by atoms with Crippen LogP contribution in [-0.2, 0) is 0 Å². The van der Waals surface area contributed by atoms with Gasteiger partial charge in [0.05, 0.1) is 6.61 Å². The van der Waals surface area contributed by atoms with Gasteiger partial charge in [0.15, 0.2) is 0 Å². The molecule has 0 saturated heterocycles. The van der Waals surface area contributed by atoms with Crippen molar-refractivity contribution in [1.82, 2.24) is 4.90 Å². The summed E-state index contributed by atoms with van der Waals surface area (Å²) in [5, 5.41) is 17.5. The second-order valence-electron chi connectivity index (χ2n) is 3.70. The Kier molecular flexibility index (Phi) is 10.9. The molecule has 0 bridgehead atoms. The minimum absolute atomic E-state index is 0.254. The largest absolute Gasteiger partial charge is 0.396 e. The van der Waals surface area contributed by atoms with Gasteiger partial charge in [-0.15, -0.1) is 0 Å². The normalized spacial score (nSPS) is 11.1. The lowest BCUT2D eigenvalue weighted by molar-refractivity contribution is 0.189. The van der Waals surface area contributed by atoms with E-state index in [1.54, 1.807) is 0 Å². The Morgan fingerprint density at radius 1 is 0.786 bits per heavy atom. The van der Waals surface area contributed by atoms with E-state index in [9.17, 15) is 0 Å². The first-order valence-corrected chi connectivity index (χ1v) is 5.79. The first-order valence-electron chi connectivity index (χ1n) is 5.79. The third kappa shape index (κ3) is 8.48. The number of hydrogen-bond acceptors (Lipinski definition) is 3. The predicted octanol–water partition coefficient (Wildman–Crippen LogP) is 1.24. The van der Waals surface area contributed by atoms with Gasteiger partial charge < -0.3 is 15.1 Å². The molecule has 0 unspecified atom stereocenters. The number of aliphatic hydroxyl groups excluding tert-OH is 2. The van der Waals surface area contributed by atoms with Crippen LogP contribution in [0.2, 0.25) is 0 Å². The van der Waals surface area contributed by atoms with E-state index < -0.39 is 0 Å². The van der Waals surface area contributed by atoms with E-state index >= 15 is 0 Å². The van der Waals surface area contributed by atoms with Gasteiger partial charge >= 0.3 is 0 Å². The summed E-state index contributed by atoms with van der Waals surface area (Å²) < 4.78 is 0. The molecule has 0 radical (unpaired) electrons. The molecule has 0 fully saturated rings. The topological polar surface area (TPSA) is 43.7 Å². The smallest absolute Gasteiger partial charge is 0.0558 e. The highest BCUT2D eigenvalue weighted by atomic mass is 16.3. The predicted molar refractivity (Wildman–Crippen MR) is 59.4 cm³/mol. The molecule has 86 valence electrons. The fraction of sp³-hybridized carbons (Fsp3) is 1.00. The van der Waals surface area contributed by atoms with Gasteiger partial charge in [-0.2, -0.15) is 0 Å². The number of rotatable bonds is 10. The molecule has 0 heterocycles. The highest BCUT2D eigenvalue weighted by Gasteiger charge is 2.02. The van der Waals surface area contributed by atoms with Crippen molar-refractivity contribution < 1.29 is 10.2 Å². The van der Waals surface area contributed by atoms with Crippen LogP contribution in [0.25, 0.3) is 0 Å². The number of hydrogen-bond donors (Lipinski definition) is 2. The molecule has 0 aliphatic carbocycles. The third-order valence-electron chi connectivity index (χ3n) is 2.38. The molecule has 0 amide bonds. The summed E-state index contributed by atoms with van der Waals surface area (Å²) >= 11 is 0. The van der Waals surface area contributed by atoms with Crippen molar-refractivity contribution in [2.45, 2.75) is 39.0 Å². The fourth-order valence-corrected chi connectivity index (χ4v) is 1.48. The van der Waals surface area contributed by atoms with E-state index in [-0.39, 0.29) is 6.61 Å². The summed E-state index contributed by atoms with van der Waals surface area (Å²) in [7, 11) is 0. The van der Waals surface area contributed by atoms with Gasteiger partial charge in [0.25, 0.3) is 0 Å². The lowest BCUT2D eigenvalue weighted by Gasteiger charge is -2.20. The van der Waals surface area contributed by atoms with Gasteiger partial charge in [-0.1, -0.05) is 13.3 Å². The minimum atomic E-state index is 0.254. The molecule has 0 aliphatic heterocycles. The molecule has 0 aliphatic rings. The van der Waals surface area contributed by atoms with Crippen LogP contribution < -0.4 is 0 Å². The lowest BCUT2D eigenvalue weighted by atomic mass is 10.2. The highest BCUT2D eigenvalue weighted by Crippen LogP contribution is 2.00. The Morgan fingerprint density at radius 2 is 1.50 bits per heavy atom. The van der Waals surface area contributed by atoms with Gasteiger partial charge in [0.1, 0.15) is 0 Å². The second-order valence-corrected chi connectivity index (χ2v) is 3.70. The van der Waals surface area contributed by atoms with Gasteiger partial charge in [0, 0.05) is 13.2 Å². The molecular weight excluding hydrogens is 178 g/mol. The van der Waals surface area contributed by atoms with Crippen LogP contribution in [0.5, 0.6) is 0 Å². The van der Waals surface area contributed by atoms with Crippen molar-refractivity contribution in [2.24, 2.45) is 0 Å². The van der Waals surface area contributed by atoms with Crippen molar-refractivity contribution >= 4 is 0 Å². The van der Waals surface area contributed by atoms with Gasteiger partial charge in [0.2, 0.25) is 0 Å². The Balaban J connectivity index is 3.40. The zero-order valence-corrected chi connectivity index (χ0v) is 9.41. The monoisotopic (exact) mass is 203 g/mol. The molecule has 0 aromatic heterocycles. The minimum Gasteiger partial charge on any atom is -0.396 e. The van der Waals surface area contributed by atoms with Crippen LogP contribution in [0.4, 0.5) is 0 Å². The number of aliphatic hydroxyl groups is 2. The molecule has 14 heavy (non-hydrogen) atoms. The quantitative estimate of drug-likeness (QED) is 0.525. The van der Waals surface area contributed by atoms with E-state index in [1.807, 2.05) is 0 Å². The molecule has 0 aromatic rings. The molecule has 0 rings (SSSR count). The summed E-state index contributed by atoms with van der Waals surface area (Å²) in [6.07, 6.45) is 5.54. The van der Waals surface area contributed by atoms with Crippen molar-refractivity contribution in [3.63, 3.8) is 0 Å². The van der Waals surface area contributed by atoms with Crippen LogP contribution >= 0.6 is 0 Å². The standard InChI is InChI=1S/C11H25NO2/c1-2-3-7-12(9-11-14)8-5-4-6-10-13/h13-14H,2-11H2,1H3. The molecule has 3 nitrogen and oxygen atoms in total. The van der Waals surface area contributed by atoms with E-state index in [4.69, 9.17) is 10.2 Å². The van der Waals surface area contributed by atoms with Gasteiger partial charge in [-0.05, 0) is 38.8 Å². The van der Waals surface area contributed by atoms with Crippen LogP contribution in [-0.4, -0.2) is 48.0 Å². The van der Waals surface area contributed by atoms with Crippen LogP contribution in [0.3, 0.4) is 0 Å². The summed E-state index contributed by atoms with van der Waals surface area (Å²) in [6, 6.07) is 0. The Bertz CT molecular complexity index is 109. The molecule has 0 atom stereocenters. The summed E-state index contributed by atoms with van der Waals surface area (Å²) in [6.45, 7) is 5.68. The van der Waals surface area contributed by atoms with Crippen LogP contribution in [0.15, 0.2) is 0 Å². The zero-order valence-electron chi connectivity index (χ0n) is 9.41. The number of unbranched alkanes of at least 4 members (excludes halogenated alkanes) is 3. The SMILES string of the molecule is CCCCN(CCO)CCCCCO. The third-order valence-corrected chi connectivity index (χ3v) is 2.38. The fourth-order valence-electron chi connectivity index (χ4n) is 1.48. The highest BCUT2D eigenvalue weighted by molar-refractivity contribution is 4.57. The summed E-state index contributed by atoms with van der Waals surface area (Å²) in [5.41, 5.74) is 0. The average molecular weight is 203 g/mol. The first kappa shape index (κ1) is 13.9. The lowest BCUT2D eigenvalue weighted by Crippen LogP contribution is -2.29. The van der Waals surface area contributed by atoms with E-state index in [2.05, 4.69) is 11.8 Å². The number of nitrogens with zero attached hydrogens (tertiary/aromatic N) is 1. The first-order chi connectivity index (χ1) is 6.85. The Labute approximate surface area is 87.7 Å². The van der Waals surface area contributed by atoms with Gasteiger partial charge in [-0.25, -0.2) is 0 Å². The maximum atomic E-state index is 8.86. The van der Waals surface area contributed by atoms with Crippen LogP contribution in [0.1, 0.15) is 39.0 Å². The summed E-state index contributed by atoms with van der Waals surface area (Å²) in [4.78, 5) is 2.31. The summed E-state index contributed by atoms with van der Waals surface area (Å²) in [5.74, 6) is 0. The molecule has 0 spiro atoms. The average Bonchev–Trinajstić information content (AvgIpc) is 2.20. The molecule has 2 N–H and O–H groups in total. The van der Waals surface area contributed by atoms with Crippen molar-refractivity contribution in [3.05, 3.63) is 0 Å². The second kappa shape index (κ2) is 11.0. The van der Waals surface area contributed by atoms with E-state index in [0.717, 1.165) is 38.9 Å². The van der Waals surface area contributed by atoms with Crippen LogP contribution in [0, 0.1) is 0 Å². The van der Waals surface area contributed by atoms with Crippen molar-refractivity contribution in [2.75, 3.05) is 32.8 Å². The molecular formula is C11H25NO2. The van der Waals surface area contributed by atoms with E-state index in [0.29, 0.717) is 6.61 Å². The van der Waals surface area contributed by atoms with Crippen molar-refractivity contribution in [3.8, 4) is 0 Å². The maximum absolute atomic E-state index is 8.86. The maximum Gasteiger partial charge on any atom is 0.0558 e. The van der Waals surface area contributed by atoms with Crippen molar-refractivity contribution in [1.29, 1.82) is 0 Å².